The van der Waals surface area contributed by atoms with E-state index in [2.05, 4.69) is 76.2 Å². The summed E-state index contributed by atoms with van der Waals surface area (Å²) in [5.74, 6) is 0. The Morgan fingerprint density at radius 3 is 1.29 bits per heavy atom. The predicted octanol–water partition coefficient (Wildman–Crippen LogP) is 6.12. The van der Waals surface area contributed by atoms with Gasteiger partial charge in [-0.15, -0.1) is 0 Å². The molecule has 0 saturated heterocycles. The van der Waals surface area contributed by atoms with Gasteiger partial charge in [-0.25, -0.2) is 0 Å². The quantitative estimate of drug-likeness (QED) is 0.638. The first-order valence-electron chi connectivity index (χ1n) is 9.90. The van der Waals surface area contributed by atoms with Crippen LogP contribution >= 0.6 is 0 Å². The SMILES string of the molecule is CCC12c3ccccc3C3(CC)C(CC)(c4ccccc41)C23CC. The van der Waals surface area contributed by atoms with Crippen molar-refractivity contribution in [2.24, 2.45) is 5.41 Å². The lowest BCUT2D eigenvalue weighted by Gasteiger charge is -2.38. The van der Waals surface area contributed by atoms with Crippen LogP contribution in [0.15, 0.2) is 48.5 Å². The summed E-state index contributed by atoms with van der Waals surface area (Å²) in [6.07, 6.45) is 5.04. The summed E-state index contributed by atoms with van der Waals surface area (Å²) in [5, 5.41) is 0. The fourth-order valence-corrected chi connectivity index (χ4v) is 8.66. The van der Waals surface area contributed by atoms with E-state index in [0.29, 0.717) is 16.2 Å². The summed E-state index contributed by atoms with van der Waals surface area (Å²) in [5.41, 5.74) is 7.95. The van der Waals surface area contributed by atoms with Gasteiger partial charge in [0.25, 0.3) is 0 Å². The molecule has 5 rings (SSSR count). The molecule has 2 aromatic carbocycles. The van der Waals surface area contributed by atoms with Crippen LogP contribution in [0.3, 0.4) is 0 Å². The molecule has 0 bridgehead atoms. The van der Waals surface area contributed by atoms with Crippen LogP contribution in [0.25, 0.3) is 0 Å². The van der Waals surface area contributed by atoms with Gasteiger partial charge < -0.3 is 0 Å². The Balaban J connectivity index is 2.02. The normalized spacial score (nSPS) is 40.2. The molecule has 0 radical (unpaired) electrons. The zero-order valence-corrected chi connectivity index (χ0v) is 15.4. The van der Waals surface area contributed by atoms with Crippen LogP contribution in [0, 0.1) is 5.41 Å². The van der Waals surface area contributed by atoms with Gasteiger partial charge >= 0.3 is 0 Å². The summed E-state index contributed by atoms with van der Waals surface area (Å²) in [6, 6.07) is 18.9. The molecule has 0 aliphatic heterocycles. The standard InChI is InChI=1S/C24H28/c1-5-21-17-13-9-11-15-19(17)22(6-2)23(7-3,24(21,22)8-4)20-16-12-10-14-18(20)21/h9-16H,5-8H2,1-4H3. The highest BCUT2D eigenvalue weighted by atomic mass is 15.0. The average Bonchev–Trinajstić information content (AvgIpc) is 3.04. The lowest BCUT2D eigenvalue weighted by atomic mass is 9.64. The van der Waals surface area contributed by atoms with E-state index in [9.17, 15) is 0 Å². The molecular formula is C24H28. The molecule has 124 valence electrons. The lowest BCUT2D eigenvalue weighted by molar-refractivity contribution is 0.251. The summed E-state index contributed by atoms with van der Waals surface area (Å²) in [6.45, 7) is 9.78. The maximum atomic E-state index is 2.46. The Morgan fingerprint density at radius 1 is 0.542 bits per heavy atom. The molecule has 1 saturated carbocycles. The van der Waals surface area contributed by atoms with Crippen LogP contribution < -0.4 is 0 Å². The average molecular weight is 316 g/mol. The molecule has 3 aliphatic rings. The Bertz CT molecular complexity index is 783. The zero-order valence-electron chi connectivity index (χ0n) is 15.4. The molecule has 1 fully saturated rings. The van der Waals surface area contributed by atoms with Gasteiger partial charge in [-0.05, 0) is 47.9 Å². The van der Waals surface area contributed by atoms with E-state index in [-0.39, 0.29) is 5.41 Å². The van der Waals surface area contributed by atoms with Crippen molar-refractivity contribution in [3.05, 3.63) is 70.8 Å². The van der Waals surface area contributed by atoms with Gasteiger partial charge in [-0.2, -0.15) is 0 Å². The molecule has 3 aliphatic carbocycles. The van der Waals surface area contributed by atoms with Crippen molar-refractivity contribution in [3.63, 3.8) is 0 Å². The van der Waals surface area contributed by atoms with Crippen LogP contribution in [0.4, 0.5) is 0 Å². The minimum atomic E-state index is 0.223. The van der Waals surface area contributed by atoms with Crippen molar-refractivity contribution < 1.29 is 0 Å². The minimum absolute atomic E-state index is 0.223. The molecule has 0 heteroatoms. The van der Waals surface area contributed by atoms with Crippen molar-refractivity contribution in [3.8, 4) is 0 Å². The van der Waals surface area contributed by atoms with Crippen molar-refractivity contribution in [1.82, 2.24) is 0 Å². The summed E-state index contributed by atoms with van der Waals surface area (Å²) < 4.78 is 0. The highest BCUT2D eigenvalue weighted by Crippen LogP contribution is 2.96. The van der Waals surface area contributed by atoms with E-state index in [1.54, 1.807) is 22.3 Å². The number of rotatable bonds is 4. The first-order chi connectivity index (χ1) is 11.7. The number of fused-ring (bicyclic) bond motifs is 7. The van der Waals surface area contributed by atoms with E-state index in [1.165, 1.54) is 25.7 Å². The Morgan fingerprint density at radius 2 is 0.958 bits per heavy atom. The van der Waals surface area contributed by atoms with E-state index in [4.69, 9.17) is 0 Å². The number of hydrogen-bond acceptors (Lipinski definition) is 0. The largest absolute Gasteiger partial charge is 0.0647 e. The molecule has 0 amide bonds. The molecule has 2 aromatic rings. The van der Waals surface area contributed by atoms with Crippen molar-refractivity contribution >= 4 is 0 Å². The number of hydrogen-bond donors (Lipinski definition) is 0. The van der Waals surface area contributed by atoms with Gasteiger partial charge in [-0.3, -0.25) is 0 Å². The molecule has 0 nitrogen and oxygen atoms in total. The number of benzene rings is 2. The van der Waals surface area contributed by atoms with Crippen LogP contribution in [0.2, 0.25) is 0 Å². The van der Waals surface area contributed by atoms with E-state index in [0.717, 1.165) is 0 Å². The molecule has 2 unspecified atom stereocenters. The third kappa shape index (κ3) is 0.944. The topological polar surface area (TPSA) is 0 Å². The van der Waals surface area contributed by atoms with Crippen molar-refractivity contribution in [1.29, 1.82) is 0 Å². The molecule has 0 aromatic heterocycles. The molecule has 0 spiro atoms. The summed E-state index contributed by atoms with van der Waals surface area (Å²) >= 11 is 0. The second-order valence-corrected chi connectivity index (χ2v) is 8.13. The maximum absolute atomic E-state index is 2.46. The smallest absolute Gasteiger partial charge is 0.0280 e. The Hall–Kier alpha value is -1.56. The maximum Gasteiger partial charge on any atom is 0.0280 e. The highest BCUT2D eigenvalue weighted by Gasteiger charge is 2.96. The third-order valence-corrected chi connectivity index (χ3v) is 8.67. The predicted molar refractivity (Wildman–Crippen MR) is 101 cm³/mol. The first kappa shape index (κ1) is 14.8. The van der Waals surface area contributed by atoms with Gasteiger partial charge in [0, 0.05) is 21.7 Å². The van der Waals surface area contributed by atoms with Crippen molar-refractivity contribution in [2.45, 2.75) is 69.6 Å². The van der Waals surface area contributed by atoms with Gasteiger partial charge in [0.15, 0.2) is 0 Å². The third-order valence-electron chi connectivity index (χ3n) is 8.67. The molecule has 24 heavy (non-hydrogen) atoms. The van der Waals surface area contributed by atoms with Crippen LogP contribution in [-0.4, -0.2) is 0 Å². The second-order valence-electron chi connectivity index (χ2n) is 8.13. The molecular weight excluding hydrogens is 288 g/mol. The fourth-order valence-electron chi connectivity index (χ4n) is 8.66. The van der Waals surface area contributed by atoms with Crippen LogP contribution in [0.5, 0.6) is 0 Å². The highest BCUT2D eigenvalue weighted by molar-refractivity contribution is 5.79. The lowest BCUT2D eigenvalue weighted by Crippen LogP contribution is -2.35. The van der Waals surface area contributed by atoms with E-state index >= 15 is 0 Å². The van der Waals surface area contributed by atoms with Gasteiger partial charge in [0.2, 0.25) is 0 Å². The molecule has 0 heterocycles. The summed E-state index contributed by atoms with van der Waals surface area (Å²) in [7, 11) is 0. The monoisotopic (exact) mass is 316 g/mol. The van der Waals surface area contributed by atoms with Crippen molar-refractivity contribution in [2.75, 3.05) is 0 Å². The molecule has 0 N–H and O–H groups in total. The van der Waals surface area contributed by atoms with Crippen LogP contribution in [-0.2, 0) is 16.2 Å². The fraction of sp³-hybridized carbons (Fsp3) is 0.500. The Kier molecular flexibility index (Phi) is 2.55. The second kappa shape index (κ2) is 4.15. The molecule has 2 atom stereocenters. The minimum Gasteiger partial charge on any atom is -0.0647 e. The van der Waals surface area contributed by atoms with E-state index in [1.807, 2.05) is 0 Å². The van der Waals surface area contributed by atoms with Gasteiger partial charge in [-0.1, -0.05) is 76.2 Å². The first-order valence-corrected chi connectivity index (χ1v) is 9.90. The van der Waals surface area contributed by atoms with Crippen LogP contribution in [0.1, 0.15) is 75.6 Å². The van der Waals surface area contributed by atoms with Gasteiger partial charge in [0.1, 0.15) is 0 Å². The van der Waals surface area contributed by atoms with Gasteiger partial charge in [0.05, 0.1) is 0 Å². The van der Waals surface area contributed by atoms with E-state index < -0.39 is 0 Å². The zero-order chi connectivity index (χ0) is 16.8. The Labute approximate surface area is 146 Å². The summed E-state index contributed by atoms with van der Waals surface area (Å²) in [4.78, 5) is 0.